The second kappa shape index (κ2) is 10.1. The number of hydrogen-bond donors (Lipinski definition) is 3. The highest BCUT2D eigenvalue weighted by Crippen LogP contribution is 2.23. The number of hydrogen-bond acceptors (Lipinski definition) is 6. The van der Waals surface area contributed by atoms with Crippen molar-refractivity contribution in [1.29, 1.82) is 0 Å². The molecule has 0 fully saturated rings. The van der Waals surface area contributed by atoms with Crippen molar-refractivity contribution in [2.45, 2.75) is 40.3 Å². The third-order valence-electron chi connectivity index (χ3n) is 5.19. The number of amides is 2. The van der Waals surface area contributed by atoms with E-state index in [4.69, 9.17) is 4.74 Å². The summed E-state index contributed by atoms with van der Waals surface area (Å²) in [6.07, 6.45) is 0. The molecule has 0 spiro atoms. The second-order valence-electron chi connectivity index (χ2n) is 7.97. The first-order chi connectivity index (χ1) is 15.3. The number of urea groups is 1. The van der Waals surface area contributed by atoms with Crippen LogP contribution in [0.3, 0.4) is 0 Å². The van der Waals surface area contributed by atoms with Crippen LogP contribution in [0.1, 0.15) is 30.8 Å². The average molecular weight is 436 g/mol. The summed E-state index contributed by atoms with van der Waals surface area (Å²) in [6, 6.07) is 12.4. The number of anilines is 2. The number of para-hydroxylation sites is 2. The summed E-state index contributed by atoms with van der Waals surface area (Å²) in [6.45, 7) is 7.87. The van der Waals surface area contributed by atoms with E-state index >= 15 is 0 Å². The Balaban J connectivity index is 1.81. The summed E-state index contributed by atoms with van der Waals surface area (Å²) >= 11 is 0. The van der Waals surface area contributed by atoms with Crippen LogP contribution in [0, 0.1) is 19.8 Å². The van der Waals surface area contributed by atoms with Crippen molar-refractivity contribution >= 4 is 34.4 Å². The summed E-state index contributed by atoms with van der Waals surface area (Å²) in [5.41, 5.74) is 3.46. The molecule has 1 unspecified atom stereocenters. The number of benzene rings is 2. The lowest BCUT2D eigenvalue weighted by Gasteiger charge is -2.21. The summed E-state index contributed by atoms with van der Waals surface area (Å²) in [5.74, 6) is 0.568. The van der Waals surface area contributed by atoms with Crippen LogP contribution in [0.2, 0.25) is 0 Å². The van der Waals surface area contributed by atoms with Gasteiger partial charge < -0.3 is 20.7 Å². The van der Waals surface area contributed by atoms with Crippen LogP contribution >= 0.6 is 0 Å². The van der Waals surface area contributed by atoms with Gasteiger partial charge in [-0.2, -0.15) is 0 Å². The monoisotopic (exact) mass is 435 g/mol. The fourth-order valence-corrected chi connectivity index (χ4v) is 3.41. The quantitative estimate of drug-likeness (QED) is 0.481. The highest BCUT2D eigenvalue weighted by molar-refractivity contribution is 5.92. The molecule has 3 rings (SSSR count). The molecular weight excluding hydrogens is 406 g/mol. The molecular formula is C24H29N5O3. The molecule has 0 aliphatic rings. The predicted molar refractivity (Wildman–Crippen MR) is 126 cm³/mol. The maximum atomic E-state index is 12.5. The molecule has 8 nitrogen and oxygen atoms in total. The number of carbonyl (C=O) groups is 2. The number of fused-ring (bicyclic) bond motifs is 1. The van der Waals surface area contributed by atoms with Crippen molar-refractivity contribution in [3.8, 4) is 0 Å². The highest BCUT2D eigenvalue weighted by atomic mass is 16.5. The van der Waals surface area contributed by atoms with E-state index in [9.17, 15) is 9.59 Å². The van der Waals surface area contributed by atoms with Crippen LogP contribution in [0.15, 0.2) is 42.5 Å². The minimum absolute atomic E-state index is 0.0131. The number of esters is 1. The summed E-state index contributed by atoms with van der Waals surface area (Å²) in [4.78, 5) is 33.8. The third-order valence-corrected chi connectivity index (χ3v) is 5.19. The molecule has 2 amide bonds. The van der Waals surface area contributed by atoms with Crippen molar-refractivity contribution in [2.24, 2.45) is 5.92 Å². The number of rotatable bonds is 7. The fraction of sp³-hybridized carbons (Fsp3) is 0.333. The van der Waals surface area contributed by atoms with Crippen LogP contribution < -0.4 is 16.0 Å². The summed E-state index contributed by atoms with van der Waals surface area (Å²) < 4.78 is 4.93. The molecule has 3 N–H and O–H groups in total. The van der Waals surface area contributed by atoms with Gasteiger partial charge in [-0.25, -0.2) is 19.6 Å². The summed E-state index contributed by atoms with van der Waals surface area (Å²) in [7, 11) is 1.36. The minimum Gasteiger partial charge on any atom is -0.467 e. The van der Waals surface area contributed by atoms with Crippen molar-refractivity contribution in [3.63, 3.8) is 0 Å². The van der Waals surface area contributed by atoms with Crippen molar-refractivity contribution in [2.75, 3.05) is 17.7 Å². The Morgan fingerprint density at radius 2 is 1.69 bits per heavy atom. The van der Waals surface area contributed by atoms with E-state index in [-0.39, 0.29) is 24.5 Å². The Morgan fingerprint density at radius 3 is 2.34 bits per heavy atom. The lowest BCUT2D eigenvalue weighted by Crippen LogP contribution is -2.36. The van der Waals surface area contributed by atoms with Gasteiger partial charge in [0.05, 0.1) is 19.2 Å². The molecule has 0 saturated carbocycles. The molecule has 0 saturated heterocycles. The fourth-order valence-electron chi connectivity index (χ4n) is 3.41. The van der Waals surface area contributed by atoms with Gasteiger partial charge in [-0.05, 0) is 43.0 Å². The SMILES string of the molecule is COC(=O)C(Nc1nc(CNC(=O)Nc2c(C)cccc2C)nc2ccccc12)C(C)C. The topological polar surface area (TPSA) is 105 Å². The number of methoxy groups -OCH3 is 1. The molecule has 1 heterocycles. The van der Waals surface area contributed by atoms with E-state index in [1.807, 2.05) is 70.2 Å². The number of aryl methyl sites for hydroxylation is 2. The zero-order chi connectivity index (χ0) is 23.3. The normalized spacial score (nSPS) is 11.8. The molecule has 1 aromatic heterocycles. The number of ether oxygens (including phenoxy) is 1. The molecule has 0 bridgehead atoms. The lowest BCUT2D eigenvalue weighted by atomic mass is 10.0. The van der Waals surface area contributed by atoms with Gasteiger partial charge in [0.25, 0.3) is 0 Å². The standard InChI is InChI=1S/C24H29N5O3/c1-14(2)20(23(30)32-5)28-22-17-11-6-7-12-18(17)26-19(27-22)13-25-24(31)29-21-15(3)9-8-10-16(21)4/h6-12,14,20H,13H2,1-5H3,(H2,25,29,31)(H,26,27,28). The lowest BCUT2D eigenvalue weighted by molar-refractivity contribution is -0.142. The molecule has 168 valence electrons. The first-order valence-corrected chi connectivity index (χ1v) is 10.5. The number of nitrogens with zero attached hydrogens (tertiary/aromatic N) is 2. The smallest absolute Gasteiger partial charge is 0.328 e. The van der Waals surface area contributed by atoms with E-state index in [1.165, 1.54) is 7.11 Å². The van der Waals surface area contributed by atoms with Gasteiger partial charge in [-0.1, -0.05) is 44.2 Å². The zero-order valence-electron chi connectivity index (χ0n) is 19.0. The van der Waals surface area contributed by atoms with Crippen LogP contribution in [0.4, 0.5) is 16.3 Å². The molecule has 8 heteroatoms. The van der Waals surface area contributed by atoms with Crippen molar-refractivity contribution in [1.82, 2.24) is 15.3 Å². The van der Waals surface area contributed by atoms with Gasteiger partial charge in [0.2, 0.25) is 0 Å². The zero-order valence-corrected chi connectivity index (χ0v) is 19.0. The van der Waals surface area contributed by atoms with Gasteiger partial charge in [-0.15, -0.1) is 0 Å². The first-order valence-electron chi connectivity index (χ1n) is 10.5. The third kappa shape index (κ3) is 5.32. The Bertz CT molecular complexity index is 1110. The van der Waals surface area contributed by atoms with Gasteiger partial charge in [0.15, 0.2) is 5.82 Å². The van der Waals surface area contributed by atoms with Crippen molar-refractivity contribution in [3.05, 3.63) is 59.4 Å². The molecule has 0 aliphatic heterocycles. The maximum absolute atomic E-state index is 12.5. The number of nitrogens with one attached hydrogen (secondary N) is 3. The van der Waals surface area contributed by atoms with E-state index in [2.05, 4.69) is 25.9 Å². The molecule has 1 atom stereocenters. The molecule has 0 radical (unpaired) electrons. The van der Waals surface area contributed by atoms with Crippen LogP contribution in [0.5, 0.6) is 0 Å². The Hall–Kier alpha value is -3.68. The van der Waals surface area contributed by atoms with Gasteiger partial charge in [0.1, 0.15) is 11.9 Å². The van der Waals surface area contributed by atoms with E-state index in [1.54, 1.807) is 0 Å². The molecule has 32 heavy (non-hydrogen) atoms. The largest absolute Gasteiger partial charge is 0.467 e. The highest BCUT2D eigenvalue weighted by Gasteiger charge is 2.24. The first kappa shape index (κ1) is 23.0. The van der Waals surface area contributed by atoms with Gasteiger partial charge in [-0.3, -0.25) is 0 Å². The van der Waals surface area contributed by atoms with E-state index in [0.29, 0.717) is 17.2 Å². The summed E-state index contributed by atoms with van der Waals surface area (Å²) in [5, 5.41) is 9.68. The molecule has 0 aliphatic carbocycles. The van der Waals surface area contributed by atoms with Crippen LogP contribution in [-0.4, -0.2) is 35.1 Å². The number of carbonyl (C=O) groups excluding carboxylic acids is 2. The maximum Gasteiger partial charge on any atom is 0.328 e. The van der Waals surface area contributed by atoms with E-state index < -0.39 is 6.04 Å². The Morgan fingerprint density at radius 1 is 1.00 bits per heavy atom. The minimum atomic E-state index is -0.563. The molecule has 3 aromatic rings. The Labute approximate surface area is 187 Å². The van der Waals surface area contributed by atoms with E-state index in [0.717, 1.165) is 22.2 Å². The van der Waals surface area contributed by atoms with Gasteiger partial charge in [0, 0.05) is 11.1 Å². The molecule has 2 aromatic carbocycles. The number of aromatic nitrogens is 2. The van der Waals surface area contributed by atoms with Crippen LogP contribution in [-0.2, 0) is 16.1 Å². The predicted octanol–water partition coefficient (Wildman–Crippen LogP) is 4.18. The second-order valence-corrected chi connectivity index (χ2v) is 7.97. The van der Waals surface area contributed by atoms with Crippen LogP contribution in [0.25, 0.3) is 10.9 Å². The Kier molecular flexibility index (Phi) is 7.25. The van der Waals surface area contributed by atoms with Gasteiger partial charge >= 0.3 is 12.0 Å². The average Bonchev–Trinajstić information content (AvgIpc) is 2.77. The van der Waals surface area contributed by atoms with Crippen molar-refractivity contribution < 1.29 is 14.3 Å².